The first-order valence-corrected chi connectivity index (χ1v) is 9.45. The molecule has 132 valence electrons. The standard InChI is InChI=1S/C20H12.C6H6N2/c1-5-13-6-2-11-17-18-12-4-8-14-7-3-10-16(20(14)18)15(9-1)19(13)17;7-8-6-4-2-1-3-5-6/h1-12H;1-4H,5H2. The lowest BCUT2D eigenvalue weighted by molar-refractivity contribution is -0.00537. The maximum Gasteiger partial charge on any atom is 0.295 e. The molecule has 0 unspecified atom stereocenters. The fourth-order valence-electron chi connectivity index (χ4n) is 4.16. The molecule has 0 aromatic heterocycles. The van der Waals surface area contributed by atoms with Gasteiger partial charge in [0.25, 0.3) is 5.71 Å². The summed E-state index contributed by atoms with van der Waals surface area (Å²) in [6.45, 7) is 0. The van der Waals surface area contributed by atoms with E-state index in [4.69, 9.17) is 5.53 Å². The van der Waals surface area contributed by atoms with E-state index >= 15 is 0 Å². The van der Waals surface area contributed by atoms with Gasteiger partial charge in [-0.3, -0.25) is 0 Å². The molecule has 0 aliphatic heterocycles. The van der Waals surface area contributed by atoms with Gasteiger partial charge in [0.05, 0.1) is 6.42 Å². The zero-order valence-electron chi connectivity index (χ0n) is 15.3. The van der Waals surface area contributed by atoms with E-state index in [0.717, 1.165) is 6.42 Å². The van der Waals surface area contributed by atoms with Gasteiger partial charge in [0.2, 0.25) is 0 Å². The summed E-state index contributed by atoms with van der Waals surface area (Å²) in [5.41, 5.74) is 8.91. The molecule has 0 heterocycles. The van der Waals surface area contributed by atoms with Gasteiger partial charge < -0.3 is 5.53 Å². The van der Waals surface area contributed by atoms with Gasteiger partial charge in [0.15, 0.2) is 0 Å². The van der Waals surface area contributed by atoms with Crippen LogP contribution in [0.5, 0.6) is 0 Å². The molecular weight excluding hydrogens is 340 g/mol. The van der Waals surface area contributed by atoms with Crippen molar-refractivity contribution in [2.75, 3.05) is 0 Å². The molecule has 2 nitrogen and oxygen atoms in total. The highest BCUT2D eigenvalue weighted by Crippen LogP contribution is 2.39. The molecule has 5 aromatic rings. The molecule has 0 saturated heterocycles. The molecule has 0 bridgehead atoms. The molecule has 0 atom stereocenters. The largest absolute Gasteiger partial charge is 0.361 e. The Labute approximate surface area is 163 Å². The smallest absolute Gasteiger partial charge is 0.295 e. The Kier molecular flexibility index (Phi) is 3.97. The molecule has 0 N–H and O–H groups in total. The molecular formula is C26H18N2. The molecule has 0 spiro atoms. The maximum absolute atomic E-state index is 8.19. The average Bonchev–Trinajstić information content (AvgIpc) is 2.78. The third-order valence-corrected chi connectivity index (χ3v) is 5.38. The minimum absolute atomic E-state index is 0.715. The first-order chi connectivity index (χ1) is 13.9. The number of benzene rings is 5. The van der Waals surface area contributed by atoms with Crippen LogP contribution in [-0.2, 0) is 0 Å². The number of allylic oxidation sites excluding steroid dienone is 4. The molecule has 0 saturated carbocycles. The lowest BCUT2D eigenvalue weighted by Crippen LogP contribution is -1.93. The van der Waals surface area contributed by atoms with Crippen molar-refractivity contribution in [3.05, 3.63) is 103 Å². The Balaban J connectivity index is 0.000000181. The van der Waals surface area contributed by atoms with Gasteiger partial charge in [-0.05, 0) is 43.1 Å². The van der Waals surface area contributed by atoms with Gasteiger partial charge in [0, 0.05) is 6.08 Å². The SMILES string of the molecule is [N-]=[N+]=C1C=CC=CC1.c1cc2cccc3c4cccc5cccc(c(c1)c23)c54. The normalized spacial score (nSPS) is 13.2. The minimum atomic E-state index is 0.715. The molecule has 28 heavy (non-hydrogen) atoms. The fraction of sp³-hybridized carbons (Fsp3) is 0.0385. The molecule has 6 rings (SSSR count). The van der Waals surface area contributed by atoms with E-state index in [1.807, 2.05) is 18.2 Å². The molecule has 0 fully saturated rings. The van der Waals surface area contributed by atoms with Crippen molar-refractivity contribution in [2.45, 2.75) is 6.42 Å². The van der Waals surface area contributed by atoms with E-state index in [1.54, 1.807) is 6.08 Å². The van der Waals surface area contributed by atoms with Gasteiger partial charge in [0.1, 0.15) is 0 Å². The van der Waals surface area contributed by atoms with E-state index in [2.05, 4.69) is 77.6 Å². The first kappa shape index (κ1) is 16.4. The van der Waals surface area contributed by atoms with Crippen LogP contribution in [0, 0.1) is 0 Å². The summed E-state index contributed by atoms with van der Waals surface area (Å²) in [5.74, 6) is 0. The average molecular weight is 358 g/mol. The van der Waals surface area contributed by atoms with Crippen molar-refractivity contribution < 1.29 is 4.79 Å². The van der Waals surface area contributed by atoms with E-state index in [9.17, 15) is 0 Å². The maximum atomic E-state index is 8.19. The number of fused-ring (bicyclic) bond motifs is 2. The van der Waals surface area contributed by atoms with Crippen molar-refractivity contribution in [3.8, 4) is 0 Å². The van der Waals surface area contributed by atoms with Gasteiger partial charge in [-0.1, -0.05) is 91.0 Å². The van der Waals surface area contributed by atoms with Crippen LogP contribution in [0.3, 0.4) is 0 Å². The van der Waals surface area contributed by atoms with Crippen molar-refractivity contribution >= 4 is 48.8 Å². The van der Waals surface area contributed by atoms with Gasteiger partial charge >= 0.3 is 0 Å². The van der Waals surface area contributed by atoms with Crippen LogP contribution < -0.4 is 0 Å². The fourth-order valence-corrected chi connectivity index (χ4v) is 4.16. The zero-order chi connectivity index (χ0) is 18.9. The topological polar surface area (TPSA) is 36.4 Å². The predicted octanol–water partition coefficient (Wildman–Crippen LogP) is 6.91. The number of hydrogen-bond acceptors (Lipinski definition) is 0. The molecule has 5 aromatic carbocycles. The number of rotatable bonds is 0. The van der Waals surface area contributed by atoms with E-state index < -0.39 is 0 Å². The van der Waals surface area contributed by atoms with Crippen LogP contribution in [0.15, 0.2) is 97.1 Å². The van der Waals surface area contributed by atoms with Crippen LogP contribution >= 0.6 is 0 Å². The van der Waals surface area contributed by atoms with E-state index in [0.29, 0.717) is 5.71 Å². The molecule has 1 aliphatic carbocycles. The van der Waals surface area contributed by atoms with Gasteiger partial charge in [-0.2, -0.15) is 4.79 Å². The summed E-state index contributed by atoms with van der Waals surface area (Å²) >= 11 is 0. The molecule has 2 heteroatoms. The summed E-state index contributed by atoms with van der Waals surface area (Å²) in [6.07, 6.45) is 8.23. The second kappa shape index (κ2) is 6.77. The summed E-state index contributed by atoms with van der Waals surface area (Å²) < 4.78 is 0. The molecule has 1 aliphatic rings. The number of nitrogens with zero attached hydrogens (tertiary/aromatic N) is 2. The van der Waals surface area contributed by atoms with Crippen LogP contribution in [0.1, 0.15) is 6.42 Å². The lowest BCUT2D eigenvalue weighted by atomic mass is 9.90. The summed E-state index contributed by atoms with van der Waals surface area (Å²) in [4.78, 5) is 3.03. The second-order valence-electron chi connectivity index (χ2n) is 7.00. The Hall–Kier alpha value is -3.74. The van der Waals surface area contributed by atoms with Crippen molar-refractivity contribution in [1.29, 1.82) is 0 Å². The third-order valence-electron chi connectivity index (χ3n) is 5.38. The van der Waals surface area contributed by atoms with Crippen LogP contribution in [0.4, 0.5) is 0 Å². The third kappa shape index (κ3) is 2.60. The first-order valence-electron chi connectivity index (χ1n) is 9.45. The zero-order valence-corrected chi connectivity index (χ0v) is 15.3. The monoisotopic (exact) mass is 358 g/mol. The molecule has 0 amide bonds. The van der Waals surface area contributed by atoms with Crippen molar-refractivity contribution in [2.24, 2.45) is 0 Å². The summed E-state index contributed by atoms with van der Waals surface area (Å²) in [5, 5.41) is 10.9. The summed E-state index contributed by atoms with van der Waals surface area (Å²) in [7, 11) is 0. The van der Waals surface area contributed by atoms with E-state index in [-0.39, 0.29) is 0 Å². The van der Waals surface area contributed by atoms with Crippen molar-refractivity contribution in [1.82, 2.24) is 0 Å². The Bertz CT molecular complexity index is 1260. The Morgan fingerprint density at radius 1 is 0.607 bits per heavy atom. The lowest BCUT2D eigenvalue weighted by Gasteiger charge is -2.13. The van der Waals surface area contributed by atoms with Crippen LogP contribution in [0.25, 0.3) is 48.6 Å². The van der Waals surface area contributed by atoms with Gasteiger partial charge in [-0.25, -0.2) is 0 Å². The highest BCUT2D eigenvalue weighted by Gasteiger charge is 2.11. The Morgan fingerprint density at radius 2 is 1.07 bits per heavy atom. The Morgan fingerprint density at radius 3 is 1.39 bits per heavy atom. The molecule has 0 radical (unpaired) electrons. The highest BCUT2D eigenvalue weighted by molar-refractivity contribution is 6.32. The van der Waals surface area contributed by atoms with Crippen LogP contribution in [-0.4, -0.2) is 10.5 Å². The summed E-state index contributed by atoms with van der Waals surface area (Å²) in [6, 6.07) is 26.4. The van der Waals surface area contributed by atoms with Crippen LogP contribution in [0.2, 0.25) is 0 Å². The van der Waals surface area contributed by atoms with Gasteiger partial charge in [-0.15, -0.1) is 0 Å². The minimum Gasteiger partial charge on any atom is -0.361 e. The van der Waals surface area contributed by atoms with Crippen molar-refractivity contribution in [3.63, 3.8) is 0 Å². The second-order valence-corrected chi connectivity index (χ2v) is 7.00. The quantitative estimate of drug-likeness (QED) is 0.125. The highest BCUT2D eigenvalue weighted by atomic mass is 14.8. The van der Waals surface area contributed by atoms with E-state index in [1.165, 1.54) is 43.1 Å². The number of hydrogen-bond donors (Lipinski definition) is 0. The predicted molar refractivity (Wildman–Crippen MR) is 119 cm³/mol.